The summed E-state index contributed by atoms with van der Waals surface area (Å²) >= 11 is 5.89. The van der Waals surface area contributed by atoms with Crippen LogP contribution in [0, 0.1) is 5.92 Å². The predicted octanol–water partition coefficient (Wildman–Crippen LogP) is 1.75. The minimum absolute atomic E-state index is 0.0286. The van der Waals surface area contributed by atoms with Gasteiger partial charge in [-0.05, 0) is 43.0 Å². The van der Waals surface area contributed by atoms with E-state index in [0.29, 0.717) is 28.3 Å². The number of hydrogen-bond acceptors (Lipinski definition) is 6. The third-order valence-corrected chi connectivity index (χ3v) is 5.83. The normalized spacial score (nSPS) is 17.8. The van der Waals surface area contributed by atoms with Gasteiger partial charge in [-0.2, -0.15) is 4.98 Å². The van der Waals surface area contributed by atoms with E-state index in [2.05, 4.69) is 21.8 Å². The Morgan fingerprint density at radius 2 is 2.06 bits per heavy atom. The van der Waals surface area contributed by atoms with E-state index in [9.17, 15) is 14.7 Å². The van der Waals surface area contributed by atoms with Crippen molar-refractivity contribution in [3.8, 4) is 5.75 Å². The summed E-state index contributed by atoms with van der Waals surface area (Å²) in [6.45, 7) is 3.91. The van der Waals surface area contributed by atoms with Gasteiger partial charge in [0, 0.05) is 25.2 Å². The van der Waals surface area contributed by atoms with Crippen LogP contribution in [0.1, 0.15) is 19.8 Å². The number of rotatable bonds is 6. The highest BCUT2D eigenvalue weighted by atomic mass is 35.5. The van der Waals surface area contributed by atoms with Crippen LogP contribution in [0.2, 0.25) is 5.02 Å². The molecule has 1 aliphatic heterocycles. The molecule has 166 valence electrons. The van der Waals surface area contributed by atoms with Crippen LogP contribution < -0.4 is 20.9 Å². The van der Waals surface area contributed by atoms with Crippen molar-refractivity contribution in [3.05, 3.63) is 50.1 Å². The van der Waals surface area contributed by atoms with E-state index < -0.39 is 17.4 Å². The second-order valence-corrected chi connectivity index (χ2v) is 8.56. The number of imidazole rings is 1. The molecular weight excluding hydrogens is 422 g/mol. The quantitative estimate of drug-likeness (QED) is 0.596. The molecule has 1 aliphatic rings. The first kappa shape index (κ1) is 21.5. The molecule has 0 radical (unpaired) electrons. The number of ether oxygens (including phenoxy) is 1. The summed E-state index contributed by atoms with van der Waals surface area (Å²) in [5.74, 6) is 1.66. The lowest BCUT2D eigenvalue weighted by Crippen LogP contribution is -2.37. The number of nitrogens with one attached hydrogen (secondary N) is 1. The van der Waals surface area contributed by atoms with Crippen molar-refractivity contribution in [1.29, 1.82) is 0 Å². The highest BCUT2D eigenvalue weighted by molar-refractivity contribution is 6.30. The number of nitrogens with zero attached hydrogens (tertiary/aromatic N) is 4. The maximum Gasteiger partial charge on any atom is 0.329 e. The molecule has 2 aromatic heterocycles. The minimum atomic E-state index is -0.898. The van der Waals surface area contributed by atoms with Crippen LogP contribution in [0.5, 0.6) is 5.75 Å². The average molecular weight is 448 g/mol. The molecule has 0 amide bonds. The zero-order valence-electron chi connectivity index (χ0n) is 17.5. The number of aromatic nitrogens is 4. The van der Waals surface area contributed by atoms with Gasteiger partial charge in [-0.25, -0.2) is 4.79 Å². The fourth-order valence-electron chi connectivity index (χ4n) is 4.00. The lowest BCUT2D eigenvalue weighted by Gasteiger charge is -2.32. The van der Waals surface area contributed by atoms with Crippen molar-refractivity contribution in [2.75, 3.05) is 24.6 Å². The third kappa shape index (κ3) is 4.47. The molecule has 31 heavy (non-hydrogen) atoms. The van der Waals surface area contributed by atoms with Gasteiger partial charge in [0.2, 0.25) is 5.95 Å². The molecule has 2 atom stereocenters. The summed E-state index contributed by atoms with van der Waals surface area (Å²) in [6.07, 6.45) is 1.25. The smallest absolute Gasteiger partial charge is 0.329 e. The zero-order valence-corrected chi connectivity index (χ0v) is 18.3. The van der Waals surface area contributed by atoms with Gasteiger partial charge in [0.15, 0.2) is 11.2 Å². The molecule has 9 nitrogen and oxygen atoms in total. The van der Waals surface area contributed by atoms with E-state index in [0.717, 1.165) is 25.9 Å². The summed E-state index contributed by atoms with van der Waals surface area (Å²) in [6, 6.07) is 6.87. The summed E-state index contributed by atoms with van der Waals surface area (Å²) in [7, 11) is 1.57. The van der Waals surface area contributed by atoms with Gasteiger partial charge in [-0.1, -0.05) is 18.5 Å². The topological polar surface area (TPSA) is 105 Å². The Balaban J connectivity index is 1.66. The molecular formula is C21H26ClN5O4. The molecule has 1 saturated heterocycles. The maximum absolute atomic E-state index is 12.7. The van der Waals surface area contributed by atoms with Crippen LogP contribution in [0.15, 0.2) is 33.9 Å². The van der Waals surface area contributed by atoms with Crippen LogP contribution >= 0.6 is 11.6 Å². The predicted molar refractivity (Wildman–Crippen MR) is 119 cm³/mol. The van der Waals surface area contributed by atoms with Crippen molar-refractivity contribution in [2.24, 2.45) is 13.0 Å². The number of piperidine rings is 1. The Morgan fingerprint density at radius 1 is 1.32 bits per heavy atom. The minimum Gasteiger partial charge on any atom is -0.491 e. The third-order valence-electron chi connectivity index (χ3n) is 5.58. The number of aliphatic hydroxyl groups is 1. The van der Waals surface area contributed by atoms with E-state index in [1.165, 1.54) is 4.57 Å². The largest absolute Gasteiger partial charge is 0.491 e. The Labute approximate surface area is 183 Å². The fourth-order valence-corrected chi connectivity index (χ4v) is 4.12. The molecule has 3 heterocycles. The summed E-state index contributed by atoms with van der Waals surface area (Å²) in [5, 5.41) is 11.3. The first-order valence-corrected chi connectivity index (χ1v) is 10.7. The number of H-pyrrole nitrogens is 1. The first-order valence-electron chi connectivity index (χ1n) is 10.3. The maximum atomic E-state index is 12.7. The number of aliphatic hydroxyl groups excluding tert-OH is 1. The van der Waals surface area contributed by atoms with Gasteiger partial charge >= 0.3 is 5.69 Å². The van der Waals surface area contributed by atoms with E-state index >= 15 is 0 Å². The van der Waals surface area contributed by atoms with Crippen molar-refractivity contribution >= 4 is 28.7 Å². The first-order chi connectivity index (χ1) is 14.8. The number of fused-ring (bicyclic) bond motifs is 1. The van der Waals surface area contributed by atoms with Gasteiger partial charge in [0.1, 0.15) is 18.5 Å². The summed E-state index contributed by atoms with van der Waals surface area (Å²) in [5.41, 5.74) is -0.478. The number of benzene rings is 1. The number of hydrogen-bond donors (Lipinski definition) is 2. The van der Waals surface area contributed by atoms with Crippen LogP contribution in [0.25, 0.3) is 11.2 Å². The molecule has 2 N–H and O–H groups in total. The van der Waals surface area contributed by atoms with Crippen LogP contribution in [-0.4, -0.2) is 50.0 Å². The Hall–Kier alpha value is -2.78. The number of anilines is 1. The molecule has 0 spiro atoms. The van der Waals surface area contributed by atoms with Gasteiger partial charge in [-0.15, -0.1) is 0 Å². The van der Waals surface area contributed by atoms with E-state index in [1.807, 2.05) is 0 Å². The number of halogens is 1. The lowest BCUT2D eigenvalue weighted by molar-refractivity contribution is 0.0935. The monoisotopic (exact) mass is 447 g/mol. The molecule has 1 aromatic carbocycles. The molecule has 10 heteroatoms. The zero-order chi connectivity index (χ0) is 22.1. The SMILES string of the molecule is C[C@@H]1CCCN(c2nc3c(c(=O)[nH]c(=O)n3C)n2C[C@@H](O)COc2ccc(Cl)cc2)C1. The van der Waals surface area contributed by atoms with E-state index in [-0.39, 0.29) is 18.7 Å². The average Bonchev–Trinajstić information content (AvgIpc) is 3.11. The molecule has 0 saturated carbocycles. The number of aryl methyl sites for hydroxylation is 1. The summed E-state index contributed by atoms with van der Waals surface area (Å²) < 4.78 is 8.68. The Morgan fingerprint density at radius 3 is 2.77 bits per heavy atom. The van der Waals surface area contributed by atoms with Gasteiger partial charge in [-0.3, -0.25) is 14.3 Å². The second-order valence-electron chi connectivity index (χ2n) is 8.13. The van der Waals surface area contributed by atoms with Crippen molar-refractivity contribution in [3.63, 3.8) is 0 Å². The van der Waals surface area contributed by atoms with Crippen molar-refractivity contribution in [2.45, 2.75) is 32.4 Å². The molecule has 4 rings (SSSR count). The van der Waals surface area contributed by atoms with Crippen LogP contribution in [0.3, 0.4) is 0 Å². The standard InChI is InChI=1S/C21H26ClN5O4/c1-13-4-3-9-26(10-13)20-23-18-17(19(29)24-21(30)25(18)2)27(20)11-15(28)12-31-16-7-5-14(22)6-8-16/h5-8,13,15,28H,3-4,9-12H2,1-2H3,(H,24,29,30)/t13-,15-/m1/s1. The van der Waals surface area contributed by atoms with Gasteiger partial charge < -0.3 is 19.3 Å². The fraction of sp³-hybridized carbons (Fsp3) is 0.476. The van der Waals surface area contributed by atoms with Gasteiger partial charge in [0.25, 0.3) is 5.56 Å². The second kappa shape index (κ2) is 8.76. The van der Waals surface area contributed by atoms with Crippen molar-refractivity contribution < 1.29 is 9.84 Å². The molecule has 0 unspecified atom stereocenters. The summed E-state index contributed by atoms with van der Waals surface area (Å²) in [4.78, 5) is 33.8. The lowest BCUT2D eigenvalue weighted by atomic mass is 10.0. The highest BCUT2D eigenvalue weighted by Crippen LogP contribution is 2.25. The van der Waals surface area contributed by atoms with E-state index in [1.54, 1.807) is 35.9 Å². The Kier molecular flexibility index (Phi) is 6.06. The number of aromatic amines is 1. The molecule has 3 aromatic rings. The van der Waals surface area contributed by atoms with Crippen LogP contribution in [-0.2, 0) is 13.6 Å². The Bertz CT molecular complexity index is 1180. The van der Waals surface area contributed by atoms with Gasteiger partial charge in [0.05, 0.1) is 6.54 Å². The molecule has 0 bridgehead atoms. The van der Waals surface area contributed by atoms with E-state index in [4.69, 9.17) is 16.3 Å². The molecule has 1 fully saturated rings. The molecule has 0 aliphatic carbocycles. The highest BCUT2D eigenvalue weighted by Gasteiger charge is 2.26. The van der Waals surface area contributed by atoms with Crippen molar-refractivity contribution in [1.82, 2.24) is 19.1 Å². The van der Waals surface area contributed by atoms with Crippen LogP contribution in [0.4, 0.5) is 5.95 Å².